The van der Waals surface area contributed by atoms with Crippen molar-refractivity contribution in [2.75, 3.05) is 0 Å². The molecule has 0 spiro atoms. The monoisotopic (exact) mass is 267 g/mol. The molecule has 0 amide bonds. The molecule has 1 radical (unpaired) electrons. The lowest BCUT2D eigenvalue weighted by Crippen LogP contribution is -2.09. The number of aromatic nitrogens is 2. The summed E-state index contributed by atoms with van der Waals surface area (Å²) in [5.74, 6) is 0.403. The lowest BCUT2D eigenvalue weighted by molar-refractivity contribution is -0.141. The van der Waals surface area contributed by atoms with Gasteiger partial charge >= 0.3 is 6.18 Å². The van der Waals surface area contributed by atoms with E-state index in [1.807, 2.05) is 29.4 Å². The fourth-order valence-corrected chi connectivity index (χ4v) is 1.86. The Labute approximate surface area is 109 Å². The van der Waals surface area contributed by atoms with Crippen LogP contribution in [0.4, 0.5) is 13.2 Å². The summed E-state index contributed by atoms with van der Waals surface area (Å²) in [6.07, 6.45) is -1.87. The maximum Gasteiger partial charge on any atom is 0.433 e. The number of aromatic amines is 1. The second kappa shape index (κ2) is 5.07. The Hall–Kier alpha value is -1.78. The van der Waals surface area contributed by atoms with E-state index in [0.717, 1.165) is 11.1 Å². The van der Waals surface area contributed by atoms with Gasteiger partial charge in [0.2, 0.25) is 0 Å². The van der Waals surface area contributed by atoms with E-state index in [9.17, 15) is 13.2 Å². The van der Waals surface area contributed by atoms with Crippen LogP contribution < -0.4 is 0 Å². The highest BCUT2D eigenvalue weighted by molar-refractivity contribution is 5.31. The fourth-order valence-electron chi connectivity index (χ4n) is 1.86. The predicted octanol–water partition coefficient (Wildman–Crippen LogP) is 3.94. The molecule has 101 valence electrons. The summed E-state index contributed by atoms with van der Waals surface area (Å²) in [4.78, 5) is 0. The molecule has 0 aliphatic rings. The van der Waals surface area contributed by atoms with Crippen molar-refractivity contribution < 1.29 is 13.2 Å². The molecule has 1 heterocycles. The number of H-pyrrole nitrogens is 1. The Balaban J connectivity index is 2.20. The number of rotatable bonds is 3. The van der Waals surface area contributed by atoms with E-state index in [-0.39, 0.29) is 12.0 Å². The molecule has 5 heteroatoms. The molecular formula is C14H14F3N2. The van der Waals surface area contributed by atoms with Crippen LogP contribution in [0.5, 0.6) is 0 Å². The van der Waals surface area contributed by atoms with Crippen molar-refractivity contribution in [2.45, 2.75) is 32.4 Å². The molecular weight excluding hydrogens is 253 g/mol. The third kappa shape index (κ3) is 3.16. The minimum atomic E-state index is -4.42. The van der Waals surface area contributed by atoms with E-state index in [0.29, 0.717) is 5.92 Å². The Morgan fingerprint density at radius 1 is 1.21 bits per heavy atom. The lowest BCUT2D eigenvalue weighted by Gasteiger charge is -2.08. The molecule has 0 unspecified atom stereocenters. The molecule has 0 bridgehead atoms. The minimum absolute atomic E-state index is 0.0461. The van der Waals surface area contributed by atoms with Crippen LogP contribution in [-0.2, 0) is 12.6 Å². The molecule has 0 aliphatic carbocycles. The topological polar surface area (TPSA) is 28.7 Å². The van der Waals surface area contributed by atoms with Gasteiger partial charge < -0.3 is 0 Å². The van der Waals surface area contributed by atoms with E-state index in [1.54, 1.807) is 0 Å². The summed E-state index contributed by atoms with van der Waals surface area (Å²) in [6, 6.07) is 7.56. The largest absolute Gasteiger partial charge is 0.433 e. The first-order valence-corrected chi connectivity index (χ1v) is 5.99. The van der Waals surface area contributed by atoms with E-state index >= 15 is 0 Å². The first kappa shape index (κ1) is 13.6. The number of halogens is 3. The maximum atomic E-state index is 12.7. The Morgan fingerprint density at radius 2 is 1.84 bits per heavy atom. The molecule has 0 atom stereocenters. The van der Waals surface area contributed by atoms with E-state index in [2.05, 4.69) is 25.1 Å². The van der Waals surface area contributed by atoms with Crippen molar-refractivity contribution in [3.63, 3.8) is 0 Å². The summed E-state index contributed by atoms with van der Waals surface area (Å²) >= 11 is 0. The summed E-state index contributed by atoms with van der Waals surface area (Å²) in [5.41, 5.74) is 1.20. The number of hydrogen-bond acceptors (Lipinski definition) is 1. The second-order valence-corrected chi connectivity index (χ2v) is 4.76. The van der Waals surface area contributed by atoms with Crippen LogP contribution in [0, 0.1) is 6.20 Å². The molecule has 2 rings (SSSR count). The highest BCUT2D eigenvalue weighted by atomic mass is 19.4. The maximum absolute atomic E-state index is 12.7. The van der Waals surface area contributed by atoms with Crippen molar-refractivity contribution in [1.82, 2.24) is 10.2 Å². The zero-order valence-electron chi connectivity index (χ0n) is 10.7. The number of alkyl halides is 3. The number of hydrogen-bond donors (Lipinski definition) is 1. The number of nitrogens with one attached hydrogen (secondary N) is 1. The van der Waals surface area contributed by atoms with Gasteiger partial charge in [0.05, 0.1) is 0 Å². The molecule has 1 aromatic carbocycles. The molecule has 0 saturated carbocycles. The highest BCUT2D eigenvalue weighted by Gasteiger charge is 2.35. The van der Waals surface area contributed by atoms with Crippen molar-refractivity contribution in [1.29, 1.82) is 0 Å². The van der Waals surface area contributed by atoms with Crippen LogP contribution in [0.1, 0.15) is 42.1 Å². The first-order chi connectivity index (χ1) is 8.88. The van der Waals surface area contributed by atoms with Gasteiger partial charge in [-0.3, -0.25) is 5.10 Å². The SMILES string of the molecule is CC(C)c1ccc(Cc2[c]n[nH]c2C(F)(F)F)cc1. The van der Waals surface area contributed by atoms with Gasteiger partial charge in [-0.2, -0.15) is 18.3 Å². The van der Waals surface area contributed by atoms with E-state index in [4.69, 9.17) is 0 Å². The molecule has 1 aromatic heterocycles. The molecule has 0 aliphatic heterocycles. The van der Waals surface area contributed by atoms with Crippen LogP contribution in [0.25, 0.3) is 0 Å². The average molecular weight is 267 g/mol. The zero-order valence-corrected chi connectivity index (χ0v) is 10.7. The molecule has 2 nitrogen and oxygen atoms in total. The lowest BCUT2D eigenvalue weighted by atomic mass is 9.99. The van der Waals surface area contributed by atoms with E-state index in [1.165, 1.54) is 0 Å². The van der Waals surface area contributed by atoms with Crippen molar-refractivity contribution in [2.24, 2.45) is 0 Å². The van der Waals surface area contributed by atoms with Crippen LogP contribution in [0.2, 0.25) is 0 Å². The summed E-state index contributed by atoms with van der Waals surface area (Å²) in [6.45, 7) is 4.14. The van der Waals surface area contributed by atoms with Crippen LogP contribution in [-0.4, -0.2) is 10.2 Å². The quantitative estimate of drug-likeness (QED) is 0.896. The molecule has 19 heavy (non-hydrogen) atoms. The Morgan fingerprint density at radius 3 is 2.37 bits per heavy atom. The zero-order chi connectivity index (χ0) is 14.0. The summed E-state index contributed by atoms with van der Waals surface area (Å²) < 4.78 is 38.0. The molecule has 2 aromatic rings. The average Bonchev–Trinajstić information content (AvgIpc) is 2.77. The van der Waals surface area contributed by atoms with Crippen LogP contribution >= 0.6 is 0 Å². The third-order valence-electron chi connectivity index (χ3n) is 2.97. The standard InChI is InChI=1S/C14H14F3N2/c1-9(2)11-5-3-10(4-6-11)7-12-8-18-19-13(12)14(15,16)17/h3-6,9H,7H2,1-2H3,(H,18,19). The minimum Gasteiger partial charge on any atom is -0.273 e. The predicted molar refractivity (Wildman–Crippen MR) is 65.8 cm³/mol. The number of nitrogens with zero attached hydrogens (tertiary/aromatic N) is 1. The van der Waals surface area contributed by atoms with Gasteiger partial charge in [0, 0.05) is 12.0 Å². The van der Waals surface area contributed by atoms with E-state index < -0.39 is 11.9 Å². The molecule has 1 N–H and O–H groups in total. The normalized spacial score (nSPS) is 12.1. The smallest absolute Gasteiger partial charge is 0.273 e. The summed E-state index contributed by atoms with van der Waals surface area (Å²) in [7, 11) is 0. The number of benzene rings is 1. The van der Waals surface area contributed by atoms with Crippen molar-refractivity contribution in [3.05, 3.63) is 52.8 Å². The highest BCUT2D eigenvalue weighted by Crippen LogP contribution is 2.30. The van der Waals surface area contributed by atoms with Crippen molar-refractivity contribution >= 4 is 0 Å². The van der Waals surface area contributed by atoms with Gasteiger partial charge in [0.15, 0.2) is 0 Å². The van der Waals surface area contributed by atoms with Gasteiger partial charge in [-0.15, -0.1) is 0 Å². The van der Waals surface area contributed by atoms with Gasteiger partial charge in [-0.05, 0) is 17.0 Å². The van der Waals surface area contributed by atoms with Crippen LogP contribution in [0.15, 0.2) is 24.3 Å². The van der Waals surface area contributed by atoms with Gasteiger partial charge in [-0.1, -0.05) is 38.1 Å². The van der Waals surface area contributed by atoms with Gasteiger partial charge in [0.25, 0.3) is 0 Å². The Kier molecular flexibility index (Phi) is 3.64. The third-order valence-corrected chi connectivity index (χ3v) is 2.97. The summed E-state index contributed by atoms with van der Waals surface area (Å²) in [5, 5.41) is 5.33. The van der Waals surface area contributed by atoms with Gasteiger partial charge in [0.1, 0.15) is 11.9 Å². The Bertz CT molecular complexity index is 539. The molecule has 0 fully saturated rings. The molecule has 0 saturated heterocycles. The van der Waals surface area contributed by atoms with Crippen LogP contribution in [0.3, 0.4) is 0 Å². The van der Waals surface area contributed by atoms with Crippen molar-refractivity contribution in [3.8, 4) is 0 Å². The fraction of sp³-hybridized carbons (Fsp3) is 0.357. The van der Waals surface area contributed by atoms with Gasteiger partial charge in [-0.25, -0.2) is 0 Å². The first-order valence-electron chi connectivity index (χ1n) is 5.99. The second-order valence-electron chi connectivity index (χ2n) is 4.76.